The van der Waals surface area contributed by atoms with E-state index in [1.54, 1.807) is 0 Å². The normalized spacial score (nSPS) is 11.2. The number of ether oxygens (including phenoxy) is 1. The number of aromatic hydroxyl groups is 1. The number of aromatic nitrogens is 4. The van der Waals surface area contributed by atoms with Gasteiger partial charge in [0.2, 0.25) is 5.43 Å². The number of nitrogens with one attached hydrogen (secondary N) is 2. The Kier molecular flexibility index (Phi) is 7.15. The van der Waals surface area contributed by atoms with E-state index in [0.717, 1.165) is 33.6 Å². The maximum absolute atomic E-state index is 14.4. The summed E-state index contributed by atoms with van der Waals surface area (Å²) < 4.78 is 11.9. The Hall–Kier alpha value is -6.67. The Balaban J connectivity index is 1.33. The predicted octanol–water partition coefficient (Wildman–Crippen LogP) is 8.96. The zero-order valence-electron chi connectivity index (χ0n) is 25.8. The quantitative estimate of drug-likeness (QED) is 0.162. The second-order valence-electron chi connectivity index (χ2n) is 11.2. The molecule has 0 radical (unpaired) electrons. The Labute approximate surface area is 275 Å². The molecule has 232 valence electrons. The number of imidazole rings is 2. The Morgan fingerprint density at radius 3 is 1.60 bits per heavy atom. The minimum absolute atomic E-state index is 0.131. The van der Waals surface area contributed by atoms with Gasteiger partial charge in [0.05, 0.1) is 29.9 Å². The highest BCUT2D eigenvalue weighted by atomic mass is 16.5. The molecule has 0 unspecified atom stereocenters. The Morgan fingerprint density at radius 2 is 1.10 bits per heavy atom. The maximum atomic E-state index is 14.4. The molecule has 3 N–H and O–H groups in total. The lowest BCUT2D eigenvalue weighted by atomic mass is 10.1. The molecular weight excluding hydrogens is 600 g/mol. The average Bonchev–Trinajstić information content (AvgIpc) is 3.79. The summed E-state index contributed by atoms with van der Waals surface area (Å²) in [6.45, 7) is 0. The van der Waals surface area contributed by atoms with Crippen LogP contribution in [0.2, 0.25) is 0 Å². The molecule has 8 aromatic rings. The number of phenols is 1. The maximum Gasteiger partial charge on any atom is 0.207 e. The average molecular weight is 629 g/mol. The van der Waals surface area contributed by atoms with Crippen LogP contribution in [0.25, 0.3) is 78.8 Å². The third kappa shape index (κ3) is 4.92. The molecule has 0 fully saturated rings. The van der Waals surface area contributed by atoms with E-state index in [-0.39, 0.29) is 39.0 Å². The number of benzene rings is 5. The smallest absolute Gasteiger partial charge is 0.207 e. The minimum Gasteiger partial charge on any atom is -0.507 e. The molecule has 8 nitrogen and oxygen atoms in total. The molecule has 0 atom stereocenters. The van der Waals surface area contributed by atoms with Crippen LogP contribution in [-0.4, -0.2) is 32.2 Å². The minimum atomic E-state index is -0.375. The lowest BCUT2D eigenvalue weighted by Crippen LogP contribution is -2.08. The highest BCUT2D eigenvalue weighted by Gasteiger charge is 2.26. The summed E-state index contributed by atoms with van der Waals surface area (Å²) in [5, 5.41) is 11.5. The van der Waals surface area contributed by atoms with Crippen molar-refractivity contribution in [3.8, 4) is 79.3 Å². The zero-order chi connectivity index (χ0) is 32.6. The SMILES string of the molecule is COc1c(-c2nc(-c3ccccc3)c(-c3ccccc3)[nH]2)c(O)cc2occ(-c3nc(-c4ccccc4)c(-c4ccccc4)[nH]3)c(=O)c12. The van der Waals surface area contributed by atoms with Crippen LogP contribution >= 0.6 is 0 Å². The lowest BCUT2D eigenvalue weighted by molar-refractivity contribution is 0.413. The van der Waals surface area contributed by atoms with Gasteiger partial charge in [-0.3, -0.25) is 4.79 Å². The monoisotopic (exact) mass is 628 g/mol. The van der Waals surface area contributed by atoms with E-state index in [1.165, 1.54) is 19.4 Å². The van der Waals surface area contributed by atoms with Gasteiger partial charge in [0.15, 0.2) is 0 Å². The molecule has 48 heavy (non-hydrogen) atoms. The van der Waals surface area contributed by atoms with E-state index in [0.29, 0.717) is 23.0 Å². The van der Waals surface area contributed by atoms with Crippen LogP contribution in [0, 0.1) is 0 Å². The van der Waals surface area contributed by atoms with Crippen molar-refractivity contribution < 1.29 is 14.3 Å². The summed E-state index contributed by atoms with van der Waals surface area (Å²) in [6, 6.07) is 40.6. The number of phenolic OH excluding ortho intramolecular Hbond substituents is 1. The molecule has 8 rings (SSSR count). The number of H-pyrrole nitrogens is 2. The standard InChI is InChI=1S/C40H28N4O4/c1-47-38-31(40-43-35(26-18-10-4-11-19-26)36(44-40)27-20-12-5-13-21-27)29(45)22-30-32(38)37(46)28(23-48-30)39-41-33(24-14-6-2-7-15-24)34(42-39)25-16-8-3-9-17-25/h2-23,45H,1H3,(H,41,42)(H,43,44). The van der Waals surface area contributed by atoms with Crippen molar-refractivity contribution in [1.29, 1.82) is 0 Å². The Morgan fingerprint density at radius 1 is 0.646 bits per heavy atom. The van der Waals surface area contributed by atoms with Gasteiger partial charge in [-0.1, -0.05) is 121 Å². The van der Waals surface area contributed by atoms with E-state index in [1.807, 2.05) is 121 Å². The van der Waals surface area contributed by atoms with Crippen LogP contribution in [0.1, 0.15) is 0 Å². The molecule has 5 aromatic carbocycles. The fourth-order valence-electron chi connectivity index (χ4n) is 6.07. The summed E-state index contributed by atoms with van der Waals surface area (Å²) in [5.74, 6) is 0.658. The third-order valence-electron chi connectivity index (χ3n) is 8.32. The van der Waals surface area contributed by atoms with Crippen molar-refractivity contribution in [1.82, 2.24) is 19.9 Å². The van der Waals surface area contributed by atoms with Gasteiger partial charge in [-0.15, -0.1) is 0 Å². The van der Waals surface area contributed by atoms with Crippen molar-refractivity contribution in [2.75, 3.05) is 7.11 Å². The van der Waals surface area contributed by atoms with Crippen LogP contribution in [-0.2, 0) is 0 Å². The third-order valence-corrected chi connectivity index (χ3v) is 8.32. The molecule has 3 heterocycles. The molecule has 0 saturated carbocycles. The van der Waals surface area contributed by atoms with E-state index in [2.05, 4.69) is 9.97 Å². The van der Waals surface area contributed by atoms with Gasteiger partial charge in [-0.05, 0) is 0 Å². The number of methoxy groups -OCH3 is 1. The largest absolute Gasteiger partial charge is 0.507 e. The van der Waals surface area contributed by atoms with Gasteiger partial charge in [0.25, 0.3) is 0 Å². The first kappa shape index (κ1) is 28.8. The molecule has 3 aromatic heterocycles. The second kappa shape index (κ2) is 11.9. The predicted molar refractivity (Wildman–Crippen MR) is 188 cm³/mol. The van der Waals surface area contributed by atoms with Crippen LogP contribution in [0.3, 0.4) is 0 Å². The van der Waals surface area contributed by atoms with Gasteiger partial charge < -0.3 is 24.2 Å². The highest BCUT2D eigenvalue weighted by molar-refractivity contribution is 5.97. The van der Waals surface area contributed by atoms with Crippen LogP contribution < -0.4 is 10.2 Å². The molecular formula is C40H28N4O4. The van der Waals surface area contributed by atoms with E-state index < -0.39 is 0 Å². The number of fused-ring (bicyclic) bond motifs is 1. The summed E-state index contributed by atoms with van der Waals surface area (Å²) in [6.07, 6.45) is 1.36. The molecule has 0 spiro atoms. The summed E-state index contributed by atoms with van der Waals surface area (Å²) in [4.78, 5) is 31.0. The molecule has 0 aliphatic rings. The van der Waals surface area contributed by atoms with Gasteiger partial charge in [-0.25, -0.2) is 9.97 Å². The summed E-state index contributed by atoms with van der Waals surface area (Å²) in [7, 11) is 1.46. The van der Waals surface area contributed by atoms with Gasteiger partial charge in [0.1, 0.15) is 51.5 Å². The Bertz CT molecular complexity index is 2340. The summed E-state index contributed by atoms with van der Waals surface area (Å²) >= 11 is 0. The van der Waals surface area contributed by atoms with Crippen molar-refractivity contribution in [2.45, 2.75) is 0 Å². The van der Waals surface area contributed by atoms with Crippen molar-refractivity contribution in [2.24, 2.45) is 0 Å². The number of nitrogens with zero attached hydrogens (tertiary/aromatic N) is 2. The van der Waals surface area contributed by atoms with E-state index >= 15 is 0 Å². The van der Waals surface area contributed by atoms with Crippen LogP contribution in [0.5, 0.6) is 11.5 Å². The first-order chi connectivity index (χ1) is 23.6. The summed E-state index contributed by atoms with van der Waals surface area (Å²) in [5.41, 5.74) is 6.79. The van der Waals surface area contributed by atoms with Crippen LogP contribution in [0.15, 0.2) is 143 Å². The van der Waals surface area contributed by atoms with Gasteiger partial charge in [-0.2, -0.15) is 0 Å². The fraction of sp³-hybridized carbons (Fsp3) is 0.0250. The van der Waals surface area contributed by atoms with Crippen LogP contribution in [0.4, 0.5) is 0 Å². The second-order valence-corrected chi connectivity index (χ2v) is 11.2. The van der Waals surface area contributed by atoms with Crippen molar-refractivity contribution in [3.63, 3.8) is 0 Å². The molecule has 0 aliphatic heterocycles. The molecule has 0 aliphatic carbocycles. The van der Waals surface area contributed by atoms with Crippen molar-refractivity contribution >= 4 is 11.0 Å². The first-order valence-corrected chi connectivity index (χ1v) is 15.4. The topological polar surface area (TPSA) is 117 Å². The van der Waals surface area contributed by atoms with E-state index in [9.17, 15) is 9.90 Å². The fourth-order valence-corrected chi connectivity index (χ4v) is 6.07. The lowest BCUT2D eigenvalue weighted by Gasteiger charge is -2.12. The first-order valence-electron chi connectivity index (χ1n) is 15.4. The molecule has 0 bridgehead atoms. The zero-order valence-corrected chi connectivity index (χ0v) is 25.8. The van der Waals surface area contributed by atoms with Gasteiger partial charge >= 0.3 is 0 Å². The van der Waals surface area contributed by atoms with E-state index in [4.69, 9.17) is 19.1 Å². The number of hydrogen-bond acceptors (Lipinski definition) is 6. The number of hydrogen-bond donors (Lipinski definition) is 3. The molecule has 8 heteroatoms. The molecule has 0 amide bonds. The number of aromatic amines is 2. The highest BCUT2D eigenvalue weighted by Crippen LogP contribution is 2.44. The van der Waals surface area contributed by atoms with Gasteiger partial charge in [0, 0.05) is 28.3 Å². The number of rotatable bonds is 7. The van der Waals surface area contributed by atoms with Crippen molar-refractivity contribution in [3.05, 3.63) is 144 Å². The molecule has 0 saturated heterocycles.